The molecule has 8 aliphatic rings. The number of carbonyl (C=O) groups is 3. The van der Waals surface area contributed by atoms with Gasteiger partial charge in [0.05, 0.1) is 67.4 Å². The van der Waals surface area contributed by atoms with Crippen molar-refractivity contribution in [2.45, 2.75) is 155 Å². The van der Waals surface area contributed by atoms with E-state index in [9.17, 15) is 35.3 Å². The molecule has 43 heteroatoms. The molecule has 20 rings (SSSR count). The highest BCUT2D eigenvalue weighted by atomic mass is 35.5. The van der Waals surface area contributed by atoms with Crippen LogP contribution in [0.2, 0.25) is 40.2 Å². The van der Waals surface area contributed by atoms with Crippen LogP contribution >= 0.6 is 92.8 Å². The van der Waals surface area contributed by atoms with Crippen molar-refractivity contribution in [3.63, 3.8) is 0 Å². The highest BCUT2D eigenvalue weighted by Crippen LogP contribution is 2.43. The number of hydrogen-bond acceptors (Lipinski definition) is 28. The standard InChI is InChI=1S/2C27H32Cl2N8O.C26H33Cl2N7O2.C26H31Cl2N7O/c2*1-17(21-8-7-20(28)11-22(21)29)37-27-26(23(12-30)34-37)32-13-24(33-27)36-15-19(16-36)18-5-3-9-35(14-18)10-4-6-25(38)31-2;1-16-24-25(35(32-16)17(2)21-7-6-20(27)11-22(21)28)31-23(12-30-24)34-14-19(15-34)18-5-4-9-33(13-18)10-8-29-26(36)37-3;1-16(20-7-6-19(27)9-21(20)28)35-25-24(22(10-29)32-35)30-11-23(31-25)34-13-18(14-34)17-5-4-8-33(12-17)15-26(2,3)36/h2*7-8,11,13,17-19H,3-6,9-10,14-16H2,1-2H3,(H,31,38);6-7,11-12,17-19H,4-5,8-10,13-15H2,1-3H3,(H,29,36);6-7,9,11,16-18,36H,4-5,8,12-15H2,1-3H3/t17-,18+;2*17-,18-;16-,17-/m1111/s1. The van der Waals surface area contributed by atoms with Gasteiger partial charge < -0.3 is 65.0 Å². The van der Waals surface area contributed by atoms with Gasteiger partial charge in [0.25, 0.3) is 0 Å². The summed E-state index contributed by atoms with van der Waals surface area (Å²) in [5.74, 6) is 8.53. The van der Waals surface area contributed by atoms with Crippen LogP contribution in [0.3, 0.4) is 0 Å². The molecule has 0 spiro atoms. The fourth-order valence-electron chi connectivity index (χ4n) is 22.3. The summed E-state index contributed by atoms with van der Waals surface area (Å²) in [6.45, 7) is 34.0. The fraction of sp³-hybridized carbons (Fsp3) is 0.528. The van der Waals surface area contributed by atoms with Crippen molar-refractivity contribution in [1.29, 1.82) is 15.8 Å². The Morgan fingerprint density at radius 2 is 0.698 bits per heavy atom. The van der Waals surface area contributed by atoms with Crippen LogP contribution in [-0.4, -0.2) is 286 Å². The Hall–Kier alpha value is -10.9. The maximum atomic E-state index is 11.5. The van der Waals surface area contributed by atoms with Crippen LogP contribution in [0.1, 0.15) is 188 Å². The third kappa shape index (κ3) is 25.7. The molecule has 35 nitrogen and oxygen atoms in total. The molecule has 8 aromatic heterocycles. The summed E-state index contributed by atoms with van der Waals surface area (Å²) in [6.07, 6.45) is 19.4. The van der Waals surface area contributed by atoms with Gasteiger partial charge in [0.15, 0.2) is 39.7 Å². The molecule has 8 fully saturated rings. The van der Waals surface area contributed by atoms with Crippen LogP contribution in [0, 0.1) is 88.3 Å². The lowest BCUT2D eigenvalue weighted by Gasteiger charge is -2.47. The van der Waals surface area contributed by atoms with Crippen molar-refractivity contribution < 1.29 is 24.2 Å². The molecule has 16 heterocycles. The molecule has 0 radical (unpaired) electrons. The molecule has 0 aliphatic carbocycles. The summed E-state index contributed by atoms with van der Waals surface area (Å²) < 4.78 is 11.8. The molecule has 8 saturated heterocycles. The molecule has 149 heavy (non-hydrogen) atoms. The van der Waals surface area contributed by atoms with Gasteiger partial charge in [-0.1, -0.05) is 117 Å². The summed E-state index contributed by atoms with van der Waals surface area (Å²) in [5, 5.41) is 70.2. The Morgan fingerprint density at radius 3 is 0.987 bits per heavy atom. The van der Waals surface area contributed by atoms with E-state index in [0.29, 0.717) is 147 Å². The number of hydrogen-bond donors (Lipinski definition) is 4. The molecule has 0 unspecified atom stereocenters. The normalized spacial score (nSPS) is 19.6. The lowest BCUT2D eigenvalue weighted by molar-refractivity contribution is -0.121. The van der Waals surface area contributed by atoms with E-state index >= 15 is 0 Å². The first-order chi connectivity index (χ1) is 71.7. The number of nitrogens with zero attached hydrogens (tertiary/aromatic N) is 27. The number of anilines is 4. The summed E-state index contributed by atoms with van der Waals surface area (Å²) >= 11 is 50.3. The number of nitrogens with one attached hydrogen (secondary N) is 3. The van der Waals surface area contributed by atoms with E-state index in [1.807, 2.05) is 82.8 Å². The maximum absolute atomic E-state index is 11.5. The molecule has 8 atom stereocenters. The Balaban J connectivity index is 0.000000135. The Labute approximate surface area is 908 Å². The van der Waals surface area contributed by atoms with Gasteiger partial charge in [0.2, 0.25) is 11.8 Å². The smallest absolute Gasteiger partial charge is 0.406 e. The third-order valence-corrected chi connectivity index (χ3v) is 33.0. The second kappa shape index (κ2) is 48.8. The van der Waals surface area contributed by atoms with Crippen LogP contribution < -0.4 is 35.6 Å². The molecule has 12 aromatic rings. The predicted octanol–water partition coefficient (Wildman–Crippen LogP) is 17.7. The van der Waals surface area contributed by atoms with E-state index < -0.39 is 5.60 Å². The largest absolute Gasteiger partial charge is 0.453 e. The zero-order valence-corrected chi connectivity index (χ0v) is 91.7. The van der Waals surface area contributed by atoms with Gasteiger partial charge in [-0.05, 0) is 270 Å². The molecule has 0 bridgehead atoms. The number of aromatic nitrogens is 16. The van der Waals surface area contributed by atoms with Crippen molar-refractivity contribution in [1.82, 2.24) is 115 Å². The minimum Gasteiger partial charge on any atom is -0.453 e. The maximum Gasteiger partial charge on any atom is 0.406 e. The number of aliphatic hydroxyl groups is 1. The fourth-order valence-corrected chi connectivity index (χ4v) is 24.6. The number of piperidine rings is 4. The molecule has 0 saturated carbocycles. The Bertz CT molecular complexity index is 6730. The van der Waals surface area contributed by atoms with Gasteiger partial charge in [-0.25, -0.2) is 63.4 Å². The van der Waals surface area contributed by atoms with E-state index in [1.54, 1.807) is 89.2 Å². The van der Waals surface area contributed by atoms with Crippen molar-refractivity contribution in [2.75, 3.05) is 178 Å². The van der Waals surface area contributed by atoms with Gasteiger partial charge in [0.1, 0.15) is 63.5 Å². The molecule has 4 N–H and O–H groups in total. The molecular formula is C106H128Cl8N30O5. The van der Waals surface area contributed by atoms with Crippen LogP contribution in [0.25, 0.3) is 44.7 Å². The number of aryl methyl sites for hydroxylation is 1. The number of rotatable bonds is 29. The van der Waals surface area contributed by atoms with E-state index in [4.69, 9.17) is 123 Å². The number of carbonyl (C=O) groups excluding carboxylic acids is 3. The minimum atomic E-state index is -0.669. The minimum absolute atomic E-state index is 0.111. The first-order valence-corrected chi connectivity index (χ1v) is 54.6. The first kappa shape index (κ1) is 109. The second-order valence-electron chi connectivity index (χ2n) is 41.4. The van der Waals surface area contributed by atoms with Crippen molar-refractivity contribution >= 4 is 179 Å². The predicted molar refractivity (Wildman–Crippen MR) is 584 cm³/mol. The monoisotopic (exact) mass is 2180 g/mol. The molecule has 3 amide bonds. The third-order valence-electron chi connectivity index (χ3n) is 30.7. The summed E-state index contributed by atoms with van der Waals surface area (Å²) in [5.41, 5.74) is 9.14. The summed E-state index contributed by atoms with van der Waals surface area (Å²) in [4.78, 5) is 91.5. The zero-order chi connectivity index (χ0) is 105. The SMILES string of the molecule is CNC(=O)CCCN1CCC[C@@H](C2CN(c3cnc4c(C#N)nn([C@H](C)c5ccc(Cl)cc5Cl)c4n3)C2)C1.CNC(=O)CCCN1CCC[C@H](C2CN(c3cnc4c(C#N)nn([C@H](C)c5ccc(Cl)cc5Cl)c4n3)C2)C1.COC(=O)NCCN1CCC[C@@H](C2CN(c3cnc4c(C)nn([C@H](C)c5ccc(Cl)cc5Cl)c4n3)C2)C1.C[C@H](c1ccc(Cl)cc1Cl)n1nc(C#N)c2ncc(N3CC([C@@H]4CCCN(CC(C)(C)O)C4)C3)nc21. The molecular weight excluding hydrogens is 2060 g/mol. The number of β-amino-alcohol motifs (C(OH)–C–C–N with tert-alkyl or cyclic N) is 1. The number of halogens is 8. The lowest BCUT2D eigenvalue weighted by atomic mass is 9.80. The number of alkyl carbamates (subject to hydrolysis) is 1. The molecule has 788 valence electrons. The first-order valence-electron chi connectivity index (χ1n) is 51.5. The van der Waals surface area contributed by atoms with Gasteiger partial charge in [0, 0.05) is 165 Å². The van der Waals surface area contributed by atoms with Gasteiger partial charge in [-0.3, -0.25) is 9.59 Å². The van der Waals surface area contributed by atoms with Crippen LogP contribution in [-0.2, 0) is 14.3 Å². The van der Waals surface area contributed by atoms with Crippen molar-refractivity contribution in [3.8, 4) is 18.2 Å². The lowest BCUT2D eigenvalue weighted by Crippen LogP contribution is -2.54. The van der Waals surface area contributed by atoms with E-state index in [-0.39, 0.29) is 59.2 Å². The number of ether oxygens (including phenoxy) is 1. The summed E-state index contributed by atoms with van der Waals surface area (Å²) in [6, 6.07) is 27.2. The van der Waals surface area contributed by atoms with E-state index in [1.165, 1.54) is 58.5 Å². The van der Waals surface area contributed by atoms with Crippen LogP contribution in [0.15, 0.2) is 97.6 Å². The van der Waals surface area contributed by atoms with E-state index in [0.717, 1.165) is 200 Å². The van der Waals surface area contributed by atoms with Crippen molar-refractivity contribution in [2.24, 2.45) is 47.3 Å². The van der Waals surface area contributed by atoms with E-state index in [2.05, 4.69) is 115 Å². The highest BCUT2D eigenvalue weighted by molar-refractivity contribution is 6.37. The number of fused-ring (bicyclic) bond motifs is 4. The molecule has 4 aromatic carbocycles. The summed E-state index contributed by atoms with van der Waals surface area (Å²) in [7, 11) is 4.77. The topological polar surface area (TPSA) is 388 Å². The second-order valence-corrected chi connectivity index (χ2v) is 44.8. The Morgan fingerprint density at radius 1 is 0.416 bits per heavy atom. The number of methoxy groups -OCH3 is 1. The number of nitriles is 3. The van der Waals surface area contributed by atoms with Gasteiger partial charge in [-0.2, -0.15) is 36.2 Å². The van der Waals surface area contributed by atoms with Crippen molar-refractivity contribution in [3.05, 3.63) is 183 Å². The number of amides is 3. The Kier molecular flexibility index (Phi) is 35.8. The molecule has 8 aliphatic heterocycles. The highest BCUT2D eigenvalue weighted by Gasteiger charge is 2.43. The average Bonchev–Trinajstić information content (AvgIpc) is 1.72. The van der Waals surface area contributed by atoms with Gasteiger partial charge >= 0.3 is 6.09 Å². The quantitative estimate of drug-likeness (QED) is 0.0338. The number of likely N-dealkylation sites (tertiary alicyclic amines) is 4. The van der Waals surface area contributed by atoms with Crippen LogP contribution in [0.5, 0.6) is 0 Å². The van der Waals surface area contributed by atoms with Gasteiger partial charge in [-0.15, -0.1) is 0 Å². The number of benzene rings is 4. The van der Waals surface area contributed by atoms with Crippen LogP contribution in [0.4, 0.5) is 28.1 Å². The zero-order valence-electron chi connectivity index (χ0n) is 85.7. The average molecular weight is 2190 g/mol.